The lowest BCUT2D eigenvalue weighted by Crippen LogP contribution is -2.41. The summed E-state index contributed by atoms with van der Waals surface area (Å²) in [6, 6.07) is -0.0504. The van der Waals surface area contributed by atoms with Gasteiger partial charge in [-0.3, -0.25) is 9.59 Å². The fourth-order valence-corrected chi connectivity index (χ4v) is 5.28. The molecule has 2 saturated heterocycles. The van der Waals surface area contributed by atoms with E-state index in [4.69, 9.17) is 9.97 Å². The zero-order chi connectivity index (χ0) is 22.7. The van der Waals surface area contributed by atoms with Crippen LogP contribution in [-0.2, 0) is 22.6 Å². The molecule has 0 aromatic carbocycles. The first-order valence-electron chi connectivity index (χ1n) is 12.3. The number of carbonyl (C=O) groups is 2. The number of aromatic nitrogens is 2. The zero-order valence-corrected chi connectivity index (χ0v) is 19.9. The monoisotopic (exact) mass is 442 g/mol. The predicted molar refractivity (Wildman–Crippen MR) is 124 cm³/mol. The largest absolute Gasteiger partial charge is 0.373 e. The number of hydrogen-bond acceptors (Lipinski definition) is 6. The van der Waals surface area contributed by atoms with Gasteiger partial charge in [-0.2, -0.15) is 0 Å². The second-order valence-corrected chi connectivity index (χ2v) is 9.67. The van der Waals surface area contributed by atoms with Crippen LogP contribution in [0.4, 0.5) is 5.82 Å². The second kappa shape index (κ2) is 10.1. The Bertz CT molecular complexity index is 819. The molecule has 32 heavy (non-hydrogen) atoms. The van der Waals surface area contributed by atoms with Gasteiger partial charge in [0.1, 0.15) is 5.82 Å². The molecule has 176 valence electrons. The molecule has 1 atom stereocenters. The molecule has 0 bridgehead atoms. The molecule has 2 fully saturated rings. The summed E-state index contributed by atoms with van der Waals surface area (Å²) in [5.41, 5.74) is 2.04. The molecule has 3 aliphatic heterocycles. The van der Waals surface area contributed by atoms with Crippen molar-refractivity contribution in [2.75, 3.05) is 45.1 Å². The van der Waals surface area contributed by atoms with Gasteiger partial charge in [-0.25, -0.2) is 9.97 Å². The first-order valence-corrected chi connectivity index (χ1v) is 12.3. The van der Waals surface area contributed by atoms with Crippen molar-refractivity contribution in [2.24, 2.45) is 5.92 Å². The number of anilines is 1. The molecule has 2 amide bonds. The summed E-state index contributed by atoms with van der Waals surface area (Å²) in [5.74, 6) is 2.64. The highest BCUT2D eigenvalue weighted by molar-refractivity contribution is 5.77. The van der Waals surface area contributed by atoms with E-state index in [1.165, 1.54) is 12.8 Å². The van der Waals surface area contributed by atoms with Crippen molar-refractivity contribution in [1.82, 2.24) is 24.7 Å². The first-order chi connectivity index (χ1) is 15.5. The minimum absolute atomic E-state index is 0.0504. The van der Waals surface area contributed by atoms with Crippen LogP contribution in [0.15, 0.2) is 0 Å². The Kier molecular flexibility index (Phi) is 7.28. The summed E-state index contributed by atoms with van der Waals surface area (Å²) < 4.78 is 0. The molecule has 8 heteroatoms. The third-order valence-corrected chi connectivity index (χ3v) is 7.39. The molecule has 4 rings (SSSR count). The number of likely N-dealkylation sites (tertiary alicyclic amines) is 2. The highest BCUT2D eigenvalue weighted by atomic mass is 16.2. The van der Waals surface area contributed by atoms with Gasteiger partial charge in [0.25, 0.3) is 0 Å². The molecule has 0 spiro atoms. The fourth-order valence-electron chi connectivity index (χ4n) is 5.28. The quantitative estimate of drug-likeness (QED) is 0.755. The molecule has 1 aromatic rings. The Balaban J connectivity index is 1.44. The number of piperidine rings is 2. The molecule has 3 aliphatic rings. The maximum Gasteiger partial charge on any atom is 0.224 e. The average molecular weight is 443 g/mol. The van der Waals surface area contributed by atoms with E-state index in [1.54, 1.807) is 6.92 Å². The summed E-state index contributed by atoms with van der Waals surface area (Å²) in [7, 11) is 1.87. The lowest BCUT2D eigenvalue weighted by Gasteiger charge is -2.35. The fraction of sp³-hybridized carbons (Fsp3) is 0.750. The van der Waals surface area contributed by atoms with Crippen LogP contribution in [0.2, 0.25) is 0 Å². The van der Waals surface area contributed by atoms with Crippen LogP contribution >= 0.6 is 0 Å². The Morgan fingerprint density at radius 1 is 1.06 bits per heavy atom. The van der Waals surface area contributed by atoms with Gasteiger partial charge in [0.05, 0.1) is 18.3 Å². The summed E-state index contributed by atoms with van der Waals surface area (Å²) in [5, 5.41) is 3.23. The molecule has 0 aliphatic carbocycles. The van der Waals surface area contributed by atoms with Gasteiger partial charge in [0.15, 0.2) is 5.82 Å². The van der Waals surface area contributed by atoms with E-state index in [9.17, 15) is 9.59 Å². The van der Waals surface area contributed by atoms with Gasteiger partial charge in [-0.15, -0.1) is 0 Å². The van der Waals surface area contributed by atoms with Gasteiger partial charge < -0.3 is 20.0 Å². The maximum atomic E-state index is 12.9. The van der Waals surface area contributed by atoms with E-state index in [1.807, 2.05) is 16.8 Å². The number of rotatable bonds is 5. The van der Waals surface area contributed by atoms with Crippen molar-refractivity contribution in [3.63, 3.8) is 0 Å². The number of fused-ring (bicyclic) bond motifs is 1. The molecule has 8 nitrogen and oxygen atoms in total. The van der Waals surface area contributed by atoms with Crippen LogP contribution in [0.25, 0.3) is 0 Å². The van der Waals surface area contributed by atoms with Gasteiger partial charge in [-0.1, -0.05) is 6.92 Å². The Morgan fingerprint density at radius 2 is 1.84 bits per heavy atom. The lowest BCUT2D eigenvalue weighted by molar-refractivity contribution is -0.133. The normalized spacial score (nSPS) is 22.5. The van der Waals surface area contributed by atoms with Gasteiger partial charge >= 0.3 is 0 Å². The zero-order valence-electron chi connectivity index (χ0n) is 19.9. The van der Waals surface area contributed by atoms with E-state index in [-0.39, 0.29) is 17.9 Å². The first kappa shape index (κ1) is 23.0. The second-order valence-electron chi connectivity index (χ2n) is 9.67. The van der Waals surface area contributed by atoms with E-state index < -0.39 is 0 Å². The lowest BCUT2D eigenvalue weighted by atomic mass is 9.99. The van der Waals surface area contributed by atoms with Crippen molar-refractivity contribution < 1.29 is 9.59 Å². The number of hydrogen-bond donors (Lipinski definition) is 1. The third-order valence-electron chi connectivity index (χ3n) is 7.39. The highest BCUT2D eigenvalue weighted by Crippen LogP contribution is 2.32. The van der Waals surface area contributed by atoms with Gasteiger partial charge in [0, 0.05) is 52.0 Å². The Hall–Kier alpha value is -2.22. The van der Waals surface area contributed by atoms with Gasteiger partial charge in [-0.05, 0) is 51.1 Å². The standard InChI is InChI=1S/C24H38N6O2/c1-17-7-12-28(13-8-17)14-10-22(32)29-15-9-20-19(16-29)23(25-3)27-24(26-20)21-6-4-5-11-30(21)18(2)31/h17,21H,4-16H2,1-3H3,(H,25,26,27)/t21-/m1/s1. The number of nitrogens with one attached hydrogen (secondary N) is 1. The van der Waals surface area contributed by atoms with Crippen molar-refractivity contribution >= 4 is 17.6 Å². The van der Waals surface area contributed by atoms with Crippen molar-refractivity contribution in [2.45, 2.75) is 71.4 Å². The summed E-state index contributed by atoms with van der Waals surface area (Å²) in [4.78, 5) is 41.1. The van der Waals surface area contributed by atoms with E-state index >= 15 is 0 Å². The third kappa shape index (κ3) is 5.05. The van der Waals surface area contributed by atoms with Crippen LogP contribution in [-0.4, -0.2) is 76.3 Å². The minimum Gasteiger partial charge on any atom is -0.373 e. The molecular formula is C24H38N6O2. The van der Waals surface area contributed by atoms with Crippen molar-refractivity contribution in [1.29, 1.82) is 0 Å². The van der Waals surface area contributed by atoms with Crippen LogP contribution in [0.3, 0.4) is 0 Å². The summed E-state index contributed by atoms with van der Waals surface area (Å²) >= 11 is 0. The van der Waals surface area contributed by atoms with Crippen LogP contribution in [0, 0.1) is 5.92 Å². The Labute approximate surface area is 191 Å². The molecule has 1 aromatic heterocycles. The minimum atomic E-state index is -0.0504. The number of nitrogens with zero attached hydrogens (tertiary/aromatic N) is 5. The highest BCUT2D eigenvalue weighted by Gasteiger charge is 2.31. The van der Waals surface area contributed by atoms with E-state index in [0.717, 1.165) is 80.7 Å². The molecule has 0 saturated carbocycles. The van der Waals surface area contributed by atoms with Crippen molar-refractivity contribution in [3.8, 4) is 0 Å². The van der Waals surface area contributed by atoms with Gasteiger partial charge in [0.2, 0.25) is 11.8 Å². The molecular weight excluding hydrogens is 404 g/mol. The van der Waals surface area contributed by atoms with Crippen LogP contribution in [0.5, 0.6) is 0 Å². The van der Waals surface area contributed by atoms with Crippen LogP contribution < -0.4 is 5.32 Å². The topological polar surface area (TPSA) is 81.7 Å². The summed E-state index contributed by atoms with van der Waals surface area (Å²) in [6.07, 6.45) is 6.81. The molecule has 0 unspecified atom stereocenters. The maximum absolute atomic E-state index is 12.9. The smallest absolute Gasteiger partial charge is 0.224 e. The van der Waals surface area contributed by atoms with E-state index in [0.29, 0.717) is 19.5 Å². The predicted octanol–water partition coefficient (Wildman–Crippen LogP) is 2.60. The van der Waals surface area contributed by atoms with E-state index in [2.05, 4.69) is 17.1 Å². The van der Waals surface area contributed by atoms with Crippen LogP contribution in [0.1, 0.15) is 75.5 Å². The SMILES string of the molecule is CNc1nc([C@H]2CCCCN2C(C)=O)nc2c1CN(C(=O)CCN1CCC(C)CC1)CC2. The Morgan fingerprint density at radius 3 is 2.56 bits per heavy atom. The number of amides is 2. The molecule has 0 radical (unpaired) electrons. The summed E-state index contributed by atoms with van der Waals surface area (Å²) in [6.45, 7) is 9.04. The van der Waals surface area contributed by atoms with Crippen molar-refractivity contribution in [3.05, 3.63) is 17.1 Å². The number of carbonyl (C=O) groups excluding carboxylic acids is 2. The average Bonchev–Trinajstić information content (AvgIpc) is 2.82. The molecule has 4 heterocycles. The molecule has 1 N–H and O–H groups in total.